The van der Waals surface area contributed by atoms with Gasteiger partial charge in [-0.25, -0.2) is 0 Å². The molecule has 4 rings (SSSR count). The Balaban J connectivity index is 1.65. The van der Waals surface area contributed by atoms with Crippen LogP contribution < -0.4 is 10.4 Å². The predicted octanol–water partition coefficient (Wildman–Crippen LogP) is 1.10. The van der Waals surface area contributed by atoms with Crippen LogP contribution in [0.15, 0.2) is 54.6 Å². The molecule has 2 aromatic carbocycles. The minimum absolute atomic E-state index is 0.354. The second-order valence-corrected chi connectivity index (χ2v) is 5.84. The molecule has 0 aliphatic carbocycles. The highest BCUT2D eigenvalue weighted by Crippen LogP contribution is 2.39. The van der Waals surface area contributed by atoms with Gasteiger partial charge in [0.05, 0.1) is 18.1 Å². The molecule has 1 fully saturated rings. The lowest BCUT2D eigenvalue weighted by Gasteiger charge is -2.25. The minimum Gasteiger partial charge on any atom is -0.550 e. The normalized spacial score (nSPS) is 28.2. The molecule has 116 valence electrons. The van der Waals surface area contributed by atoms with E-state index in [0.29, 0.717) is 5.69 Å². The molecule has 23 heavy (non-hydrogen) atoms. The Kier molecular flexibility index (Phi) is 3.16. The van der Waals surface area contributed by atoms with Crippen LogP contribution in [0.5, 0.6) is 0 Å². The van der Waals surface area contributed by atoms with Crippen molar-refractivity contribution in [3.05, 3.63) is 54.6 Å². The van der Waals surface area contributed by atoms with Gasteiger partial charge in [0, 0.05) is 23.0 Å². The Bertz CT molecular complexity index is 823. The zero-order chi connectivity index (χ0) is 16.0. The molecule has 4 atom stereocenters. The van der Waals surface area contributed by atoms with Crippen LogP contribution in [0, 0.1) is 11.8 Å². The summed E-state index contributed by atoms with van der Waals surface area (Å²) in [6.45, 7) is 0. The van der Waals surface area contributed by atoms with E-state index in [0.717, 1.165) is 10.8 Å². The molecule has 5 nitrogen and oxygen atoms in total. The number of hydrogen-bond acceptors (Lipinski definition) is 4. The molecule has 2 aromatic rings. The number of benzene rings is 2. The van der Waals surface area contributed by atoms with Crippen molar-refractivity contribution in [2.75, 3.05) is 5.32 Å². The zero-order valence-electron chi connectivity index (χ0n) is 12.1. The first-order valence-electron chi connectivity index (χ1n) is 7.48. The van der Waals surface area contributed by atoms with Gasteiger partial charge < -0.3 is 20.0 Å². The van der Waals surface area contributed by atoms with E-state index in [1.165, 1.54) is 0 Å². The molecule has 2 heterocycles. The molecule has 1 amide bonds. The summed E-state index contributed by atoms with van der Waals surface area (Å²) in [6.07, 6.45) is 2.36. The molecule has 0 aromatic heterocycles. The van der Waals surface area contributed by atoms with E-state index in [-0.39, 0.29) is 5.91 Å². The second-order valence-electron chi connectivity index (χ2n) is 5.84. The summed E-state index contributed by atoms with van der Waals surface area (Å²) in [5.74, 6) is -3.32. The highest BCUT2D eigenvalue weighted by atomic mass is 16.5. The van der Waals surface area contributed by atoms with Crippen LogP contribution in [0.3, 0.4) is 0 Å². The number of anilines is 1. The Morgan fingerprint density at radius 3 is 2.43 bits per heavy atom. The van der Waals surface area contributed by atoms with Crippen molar-refractivity contribution in [3.8, 4) is 0 Å². The van der Waals surface area contributed by atoms with Crippen molar-refractivity contribution in [3.63, 3.8) is 0 Å². The lowest BCUT2D eigenvalue weighted by molar-refractivity contribution is -0.313. The summed E-state index contributed by atoms with van der Waals surface area (Å²) in [5, 5.41) is 16.1. The molecule has 2 aliphatic heterocycles. The van der Waals surface area contributed by atoms with Crippen molar-refractivity contribution in [1.82, 2.24) is 0 Å². The number of carboxylic acid groups (broad SMARTS) is 1. The fourth-order valence-electron chi connectivity index (χ4n) is 3.45. The molecular weight excluding hydrogens is 294 g/mol. The molecule has 1 N–H and O–H groups in total. The van der Waals surface area contributed by atoms with Gasteiger partial charge in [-0.05, 0) is 11.5 Å². The molecule has 0 spiro atoms. The number of hydrogen-bond donors (Lipinski definition) is 1. The summed E-state index contributed by atoms with van der Waals surface area (Å²) in [6, 6.07) is 13.3. The fourth-order valence-corrected chi connectivity index (χ4v) is 3.45. The monoisotopic (exact) mass is 308 g/mol. The summed E-state index contributed by atoms with van der Waals surface area (Å²) in [4.78, 5) is 24.0. The number of carboxylic acids is 1. The van der Waals surface area contributed by atoms with Gasteiger partial charge in [-0.3, -0.25) is 4.79 Å². The van der Waals surface area contributed by atoms with E-state index in [9.17, 15) is 14.7 Å². The largest absolute Gasteiger partial charge is 0.550 e. The van der Waals surface area contributed by atoms with Crippen molar-refractivity contribution < 1.29 is 19.4 Å². The molecule has 0 unspecified atom stereocenters. The van der Waals surface area contributed by atoms with Crippen LogP contribution in [-0.4, -0.2) is 24.1 Å². The van der Waals surface area contributed by atoms with Crippen LogP contribution in [0.1, 0.15) is 0 Å². The van der Waals surface area contributed by atoms with Crippen molar-refractivity contribution in [2.45, 2.75) is 12.2 Å². The highest BCUT2D eigenvalue weighted by Gasteiger charge is 2.50. The summed E-state index contributed by atoms with van der Waals surface area (Å²) >= 11 is 0. The van der Waals surface area contributed by atoms with Crippen molar-refractivity contribution in [2.24, 2.45) is 11.8 Å². The summed E-state index contributed by atoms with van der Waals surface area (Å²) < 4.78 is 5.51. The van der Waals surface area contributed by atoms with Gasteiger partial charge in [0.15, 0.2) is 0 Å². The molecule has 2 bridgehead atoms. The van der Waals surface area contributed by atoms with E-state index in [4.69, 9.17) is 4.74 Å². The van der Waals surface area contributed by atoms with Gasteiger partial charge in [-0.15, -0.1) is 0 Å². The number of carbonyl (C=O) groups excluding carboxylic acids is 2. The van der Waals surface area contributed by atoms with Crippen LogP contribution in [-0.2, 0) is 14.3 Å². The zero-order valence-corrected chi connectivity index (χ0v) is 12.1. The van der Waals surface area contributed by atoms with E-state index < -0.39 is 30.0 Å². The minimum atomic E-state index is -1.25. The molecule has 0 radical (unpaired) electrons. The smallest absolute Gasteiger partial charge is 0.231 e. The Hall–Kier alpha value is -2.66. The number of amides is 1. The average Bonchev–Trinajstić information content (AvgIpc) is 3.16. The molecular formula is C18H14NO4-. The average molecular weight is 308 g/mol. The van der Waals surface area contributed by atoms with Crippen LogP contribution in [0.2, 0.25) is 0 Å². The van der Waals surface area contributed by atoms with E-state index in [1.807, 2.05) is 36.4 Å². The first kappa shape index (κ1) is 14.0. The number of carbonyl (C=O) groups is 2. The van der Waals surface area contributed by atoms with Gasteiger partial charge in [0.2, 0.25) is 5.91 Å². The van der Waals surface area contributed by atoms with E-state index >= 15 is 0 Å². The highest BCUT2D eigenvalue weighted by molar-refractivity contribution is 6.04. The van der Waals surface area contributed by atoms with Crippen LogP contribution >= 0.6 is 0 Å². The SMILES string of the molecule is O=C(Nc1cccc2ccccc12)[C@@H]1[C@@H](C(=O)[O-])[C@H]2C=C[C@@H]1O2. The first-order valence-corrected chi connectivity index (χ1v) is 7.48. The van der Waals surface area contributed by atoms with Crippen LogP contribution in [0.4, 0.5) is 5.69 Å². The van der Waals surface area contributed by atoms with Gasteiger partial charge in [0.25, 0.3) is 0 Å². The lowest BCUT2D eigenvalue weighted by Crippen LogP contribution is -2.45. The first-order chi connectivity index (χ1) is 11.1. The van der Waals surface area contributed by atoms with Gasteiger partial charge >= 0.3 is 0 Å². The topological polar surface area (TPSA) is 78.5 Å². The Morgan fingerprint density at radius 1 is 0.957 bits per heavy atom. The lowest BCUT2D eigenvalue weighted by atomic mass is 9.82. The summed E-state index contributed by atoms with van der Waals surface area (Å²) in [7, 11) is 0. The standard InChI is InChI=1S/C18H15NO4/c20-17(15-13-8-9-14(23-13)16(15)18(21)22)19-12-7-3-5-10-4-1-2-6-11(10)12/h1-9,13-16H,(H,19,20)(H,21,22)/p-1/t13-,14+,15-,16-/m0/s1. The molecule has 1 saturated heterocycles. The predicted molar refractivity (Wildman–Crippen MR) is 82.4 cm³/mol. The Morgan fingerprint density at radius 2 is 1.65 bits per heavy atom. The van der Waals surface area contributed by atoms with Crippen LogP contribution in [0.25, 0.3) is 10.8 Å². The second kappa shape index (κ2) is 5.21. The summed E-state index contributed by atoms with van der Waals surface area (Å²) in [5.41, 5.74) is 0.664. The number of aliphatic carboxylic acids is 1. The fraction of sp³-hybridized carbons (Fsp3) is 0.222. The van der Waals surface area contributed by atoms with E-state index in [1.54, 1.807) is 18.2 Å². The number of nitrogens with one attached hydrogen (secondary N) is 1. The molecule has 5 heteroatoms. The van der Waals surface area contributed by atoms with Gasteiger partial charge in [0.1, 0.15) is 0 Å². The van der Waals surface area contributed by atoms with E-state index in [2.05, 4.69) is 5.32 Å². The molecule has 2 aliphatic rings. The van der Waals surface area contributed by atoms with Gasteiger partial charge in [-0.1, -0.05) is 48.6 Å². The molecule has 0 saturated carbocycles. The van der Waals surface area contributed by atoms with Crippen molar-refractivity contribution in [1.29, 1.82) is 0 Å². The number of ether oxygens (including phenoxy) is 1. The third kappa shape index (κ3) is 2.21. The van der Waals surface area contributed by atoms with Crippen molar-refractivity contribution >= 4 is 28.3 Å². The quantitative estimate of drug-likeness (QED) is 0.861. The number of rotatable bonds is 3. The third-order valence-corrected chi connectivity index (χ3v) is 4.52. The maximum absolute atomic E-state index is 12.6. The number of fused-ring (bicyclic) bond motifs is 3. The Labute approximate surface area is 132 Å². The maximum atomic E-state index is 12.6. The third-order valence-electron chi connectivity index (χ3n) is 4.52. The van der Waals surface area contributed by atoms with Gasteiger partial charge in [-0.2, -0.15) is 0 Å². The maximum Gasteiger partial charge on any atom is 0.231 e.